The minimum Gasteiger partial charge on any atom is -0.493 e. The van der Waals surface area contributed by atoms with Gasteiger partial charge >= 0.3 is 0 Å². The first-order chi connectivity index (χ1) is 14.5. The van der Waals surface area contributed by atoms with Crippen LogP contribution in [0.3, 0.4) is 0 Å². The maximum absolute atomic E-state index is 12.7. The predicted octanol–water partition coefficient (Wildman–Crippen LogP) is 4.19. The number of amides is 1. The standard InChI is InChI=1S/C24H38N4O2.HI/c1-4-25-24(26-15-19-9-11-22(12-10-19)30-17-18(2)3)27-21-13-14-28(16-21)23(29)20-7-5-6-8-20;/h9-12,18,20-21H,4-8,13-17H2,1-3H3,(H2,25,26,27);1H. The molecule has 0 aromatic heterocycles. The summed E-state index contributed by atoms with van der Waals surface area (Å²) in [5, 5.41) is 6.86. The van der Waals surface area contributed by atoms with E-state index in [4.69, 9.17) is 9.73 Å². The van der Waals surface area contributed by atoms with E-state index in [-0.39, 0.29) is 35.9 Å². The SMILES string of the molecule is CCNC(=NCc1ccc(OCC(C)C)cc1)NC1CCN(C(=O)C2CCCC2)C1.I. The third kappa shape index (κ3) is 8.16. The highest BCUT2D eigenvalue weighted by Crippen LogP contribution is 2.27. The van der Waals surface area contributed by atoms with Gasteiger partial charge in [0.2, 0.25) is 5.91 Å². The Hall–Kier alpha value is -1.51. The van der Waals surface area contributed by atoms with E-state index < -0.39 is 0 Å². The first-order valence-electron chi connectivity index (χ1n) is 11.6. The Morgan fingerprint density at radius 2 is 1.90 bits per heavy atom. The van der Waals surface area contributed by atoms with Crippen LogP contribution in [0.15, 0.2) is 29.3 Å². The van der Waals surface area contributed by atoms with E-state index >= 15 is 0 Å². The fourth-order valence-electron chi connectivity index (χ4n) is 4.15. The van der Waals surface area contributed by atoms with E-state index in [0.29, 0.717) is 18.4 Å². The average molecular weight is 543 g/mol. The zero-order chi connectivity index (χ0) is 21.3. The lowest BCUT2D eigenvalue weighted by Gasteiger charge is -2.21. The summed E-state index contributed by atoms with van der Waals surface area (Å²) in [5.41, 5.74) is 1.15. The molecule has 1 aliphatic heterocycles. The van der Waals surface area contributed by atoms with Crippen LogP contribution in [0, 0.1) is 11.8 Å². The number of hydrogen-bond acceptors (Lipinski definition) is 3. The summed E-state index contributed by atoms with van der Waals surface area (Å²) in [5.74, 6) is 2.86. The molecule has 1 unspecified atom stereocenters. The number of carbonyl (C=O) groups excluding carboxylic acids is 1. The molecule has 1 saturated carbocycles. The van der Waals surface area contributed by atoms with Crippen molar-refractivity contribution in [2.75, 3.05) is 26.2 Å². The molecule has 174 valence electrons. The molecule has 2 fully saturated rings. The van der Waals surface area contributed by atoms with Gasteiger partial charge in [0.05, 0.1) is 13.2 Å². The first kappa shape index (κ1) is 25.7. The van der Waals surface area contributed by atoms with Gasteiger partial charge in [0, 0.05) is 31.6 Å². The normalized spacial score (nSPS) is 19.4. The summed E-state index contributed by atoms with van der Waals surface area (Å²) in [6.07, 6.45) is 5.52. The van der Waals surface area contributed by atoms with Crippen LogP contribution in [0.2, 0.25) is 0 Å². The van der Waals surface area contributed by atoms with Crippen molar-refractivity contribution in [1.29, 1.82) is 0 Å². The second-order valence-corrected chi connectivity index (χ2v) is 8.94. The summed E-state index contributed by atoms with van der Waals surface area (Å²) < 4.78 is 5.75. The molecule has 0 spiro atoms. The molecule has 0 bridgehead atoms. The number of nitrogens with zero attached hydrogens (tertiary/aromatic N) is 2. The Labute approximate surface area is 204 Å². The summed E-state index contributed by atoms with van der Waals surface area (Å²) in [6.45, 7) is 10.1. The topological polar surface area (TPSA) is 66.0 Å². The van der Waals surface area contributed by atoms with Crippen molar-refractivity contribution < 1.29 is 9.53 Å². The number of rotatable bonds is 8. The number of aliphatic imine (C=N–C) groups is 1. The molecule has 0 radical (unpaired) electrons. The van der Waals surface area contributed by atoms with Crippen LogP contribution in [0.5, 0.6) is 5.75 Å². The van der Waals surface area contributed by atoms with E-state index in [1.807, 2.05) is 17.0 Å². The molecule has 1 amide bonds. The molecular formula is C24H39IN4O2. The molecule has 2 aliphatic rings. The van der Waals surface area contributed by atoms with Crippen molar-refractivity contribution >= 4 is 35.8 Å². The van der Waals surface area contributed by atoms with Gasteiger partial charge in [-0.05, 0) is 49.8 Å². The van der Waals surface area contributed by atoms with Gasteiger partial charge in [-0.3, -0.25) is 4.79 Å². The van der Waals surface area contributed by atoms with Gasteiger partial charge in [0.1, 0.15) is 5.75 Å². The van der Waals surface area contributed by atoms with Gasteiger partial charge in [-0.25, -0.2) is 4.99 Å². The molecule has 3 rings (SSSR count). The largest absolute Gasteiger partial charge is 0.493 e. The Bertz CT molecular complexity index is 702. The molecule has 1 aromatic rings. The lowest BCUT2D eigenvalue weighted by atomic mass is 10.1. The summed E-state index contributed by atoms with van der Waals surface area (Å²) in [7, 11) is 0. The van der Waals surface area contributed by atoms with Gasteiger partial charge in [-0.2, -0.15) is 0 Å². The van der Waals surface area contributed by atoms with E-state index in [2.05, 4.69) is 43.5 Å². The van der Waals surface area contributed by atoms with E-state index in [9.17, 15) is 4.79 Å². The molecule has 1 heterocycles. The number of nitrogens with one attached hydrogen (secondary N) is 2. The number of benzene rings is 1. The third-order valence-electron chi connectivity index (χ3n) is 5.82. The van der Waals surface area contributed by atoms with Crippen LogP contribution in [-0.2, 0) is 11.3 Å². The quantitative estimate of drug-likeness (QED) is 0.294. The molecule has 31 heavy (non-hydrogen) atoms. The van der Waals surface area contributed by atoms with Gasteiger partial charge in [0.15, 0.2) is 5.96 Å². The Morgan fingerprint density at radius 1 is 1.19 bits per heavy atom. The number of carbonyl (C=O) groups is 1. The van der Waals surface area contributed by atoms with Crippen LogP contribution >= 0.6 is 24.0 Å². The molecule has 2 N–H and O–H groups in total. The van der Waals surface area contributed by atoms with Crippen molar-refractivity contribution in [3.63, 3.8) is 0 Å². The van der Waals surface area contributed by atoms with Gasteiger partial charge < -0.3 is 20.3 Å². The van der Waals surface area contributed by atoms with Crippen LogP contribution in [0.25, 0.3) is 0 Å². The predicted molar refractivity (Wildman–Crippen MR) is 137 cm³/mol. The second kappa shape index (κ2) is 13.1. The van der Waals surface area contributed by atoms with E-state index in [1.165, 1.54) is 12.8 Å². The minimum atomic E-state index is 0. The number of likely N-dealkylation sites (tertiary alicyclic amines) is 1. The zero-order valence-corrected chi connectivity index (χ0v) is 21.6. The summed E-state index contributed by atoms with van der Waals surface area (Å²) in [6, 6.07) is 8.43. The molecule has 1 atom stereocenters. The van der Waals surface area contributed by atoms with E-state index in [1.54, 1.807) is 0 Å². The highest BCUT2D eigenvalue weighted by Gasteiger charge is 2.32. The van der Waals surface area contributed by atoms with Gasteiger partial charge in [-0.15, -0.1) is 24.0 Å². The van der Waals surface area contributed by atoms with Crippen LogP contribution in [-0.4, -0.2) is 49.0 Å². The number of halogens is 1. The number of guanidine groups is 1. The minimum absolute atomic E-state index is 0. The lowest BCUT2D eigenvalue weighted by Crippen LogP contribution is -2.45. The Kier molecular flexibility index (Phi) is 10.9. The van der Waals surface area contributed by atoms with Gasteiger partial charge in [-0.1, -0.05) is 38.8 Å². The maximum atomic E-state index is 12.7. The molecule has 7 heteroatoms. The van der Waals surface area contributed by atoms with Crippen molar-refractivity contribution in [2.24, 2.45) is 16.8 Å². The third-order valence-corrected chi connectivity index (χ3v) is 5.82. The highest BCUT2D eigenvalue weighted by atomic mass is 127. The van der Waals surface area contributed by atoms with Gasteiger partial charge in [0.25, 0.3) is 0 Å². The molecule has 1 saturated heterocycles. The summed E-state index contributed by atoms with van der Waals surface area (Å²) in [4.78, 5) is 19.5. The zero-order valence-electron chi connectivity index (χ0n) is 19.2. The van der Waals surface area contributed by atoms with Crippen LogP contribution in [0.1, 0.15) is 58.4 Å². The number of hydrogen-bond donors (Lipinski definition) is 2. The average Bonchev–Trinajstić information content (AvgIpc) is 3.43. The van der Waals surface area contributed by atoms with E-state index in [0.717, 1.165) is 62.8 Å². The number of ether oxygens (including phenoxy) is 1. The smallest absolute Gasteiger partial charge is 0.225 e. The van der Waals surface area contributed by atoms with Crippen molar-refractivity contribution in [2.45, 2.75) is 65.5 Å². The van der Waals surface area contributed by atoms with Crippen molar-refractivity contribution in [3.8, 4) is 5.75 Å². The molecule has 1 aromatic carbocycles. The highest BCUT2D eigenvalue weighted by molar-refractivity contribution is 14.0. The molecule has 1 aliphatic carbocycles. The Balaban J connectivity index is 0.00000341. The fourth-order valence-corrected chi connectivity index (χ4v) is 4.15. The van der Waals surface area contributed by atoms with Crippen LogP contribution < -0.4 is 15.4 Å². The fraction of sp³-hybridized carbons (Fsp3) is 0.667. The molecule has 6 nitrogen and oxygen atoms in total. The first-order valence-corrected chi connectivity index (χ1v) is 11.6. The second-order valence-electron chi connectivity index (χ2n) is 8.94. The summed E-state index contributed by atoms with van der Waals surface area (Å²) >= 11 is 0. The van der Waals surface area contributed by atoms with Crippen LogP contribution in [0.4, 0.5) is 0 Å². The monoisotopic (exact) mass is 542 g/mol. The lowest BCUT2D eigenvalue weighted by molar-refractivity contribution is -0.134. The molecular weight excluding hydrogens is 503 g/mol. The Morgan fingerprint density at radius 3 is 2.55 bits per heavy atom. The maximum Gasteiger partial charge on any atom is 0.225 e. The van der Waals surface area contributed by atoms with Crippen molar-refractivity contribution in [3.05, 3.63) is 29.8 Å². The van der Waals surface area contributed by atoms with Crippen molar-refractivity contribution in [1.82, 2.24) is 15.5 Å².